The number of benzene rings is 1. The number of nitrogens with one attached hydrogen (secondary N) is 1. The van der Waals surface area contributed by atoms with Crippen LogP contribution in [0.1, 0.15) is 45.1 Å². The van der Waals surface area contributed by atoms with Gasteiger partial charge in [0.1, 0.15) is 13.2 Å². The zero-order valence-corrected chi connectivity index (χ0v) is 12.6. The van der Waals surface area contributed by atoms with Crippen LogP contribution >= 0.6 is 0 Å². The molecule has 110 valence electrons. The monoisotopic (exact) mass is 275 g/mol. The highest BCUT2D eigenvalue weighted by Gasteiger charge is 2.31. The van der Waals surface area contributed by atoms with E-state index in [0.29, 0.717) is 24.7 Å². The Bertz CT molecular complexity index is 470. The van der Waals surface area contributed by atoms with Gasteiger partial charge < -0.3 is 14.8 Å². The van der Waals surface area contributed by atoms with Gasteiger partial charge in [0.05, 0.1) is 0 Å². The standard InChI is InChI=1S/C17H25NO2/c1-17(2)8-4-3-5-16(17)18-12-13-6-7-14-15(11-13)20-10-9-19-14/h6-7,11,16,18H,3-5,8-10,12H2,1-2H3. The summed E-state index contributed by atoms with van der Waals surface area (Å²) >= 11 is 0. The smallest absolute Gasteiger partial charge is 0.161 e. The first-order chi connectivity index (χ1) is 9.65. The van der Waals surface area contributed by atoms with Crippen molar-refractivity contribution in [3.8, 4) is 11.5 Å². The minimum absolute atomic E-state index is 0.409. The van der Waals surface area contributed by atoms with Crippen LogP contribution in [-0.2, 0) is 6.54 Å². The maximum absolute atomic E-state index is 5.64. The Hall–Kier alpha value is -1.22. The van der Waals surface area contributed by atoms with Crippen LogP contribution in [0.2, 0.25) is 0 Å². The molecule has 1 aliphatic heterocycles. The molecule has 0 bridgehead atoms. The topological polar surface area (TPSA) is 30.5 Å². The van der Waals surface area contributed by atoms with Gasteiger partial charge in [-0.05, 0) is 36.0 Å². The molecule has 3 nitrogen and oxygen atoms in total. The first-order valence-corrected chi connectivity index (χ1v) is 7.77. The maximum atomic E-state index is 5.64. The van der Waals surface area contributed by atoms with E-state index in [-0.39, 0.29) is 0 Å². The van der Waals surface area contributed by atoms with Gasteiger partial charge in [0.25, 0.3) is 0 Å². The van der Waals surface area contributed by atoms with Crippen LogP contribution in [0, 0.1) is 5.41 Å². The lowest BCUT2D eigenvalue weighted by atomic mass is 9.73. The predicted molar refractivity (Wildman–Crippen MR) is 80.3 cm³/mol. The number of fused-ring (bicyclic) bond motifs is 1. The van der Waals surface area contributed by atoms with Crippen molar-refractivity contribution in [2.75, 3.05) is 13.2 Å². The molecule has 1 aliphatic carbocycles. The largest absolute Gasteiger partial charge is 0.486 e. The SMILES string of the molecule is CC1(C)CCCCC1NCc1ccc2c(c1)OCCO2. The van der Waals surface area contributed by atoms with E-state index in [1.165, 1.54) is 31.2 Å². The Morgan fingerprint density at radius 2 is 1.95 bits per heavy atom. The summed E-state index contributed by atoms with van der Waals surface area (Å²) in [5.41, 5.74) is 1.68. The molecule has 2 aliphatic rings. The first kappa shape index (κ1) is 13.7. The summed E-state index contributed by atoms with van der Waals surface area (Å²) in [5.74, 6) is 1.76. The molecule has 1 saturated carbocycles. The van der Waals surface area contributed by atoms with Crippen molar-refractivity contribution < 1.29 is 9.47 Å². The van der Waals surface area contributed by atoms with E-state index in [9.17, 15) is 0 Å². The molecule has 1 N–H and O–H groups in total. The van der Waals surface area contributed by atoms with Crippen LogP contribution in [0.15, 0.2) is 18.2 Å². The van der Waals surface area contributed by atoms with E-state index < -0.39 is 0 Å². The Balaban J connectivity index is 1.63. The Morgan fingerprint density at radius 1 is 1.15 bits per heavy atom. The molecule has 1 aromatic rings. The summed E-state index contributed by atoms with van der Waals surface area (Å²) in [6.07, 6.45) is 5.33. The molecule has 1 heterocycles. The predicted octanol–water partition coefficient (Wildman–Crippen LogP) is 3.52. The molecule has 3 heteroatoms. The lowest BCUT2D eigenvalue weighted by Gasteiger charge is -2.39. The maximum Gasteiger partial charge on any atom is 0.161 e. The molecule has 0 amide bonds. The van der Waals surface area contributed by atoms with Crippen LogP contribution in [0.3, 0.4) is 0 Å². The third-order valence-electron chi connectivity index (χ3n) is 4.67. The second kappa shape index (κ2) is 5.65. The van der Waals surface area contributed by atoms with Crippen molar-refractivity contribution in [3.05, 3.63) is 23.8 Å². The van der Waals surface area contributed by atoms with Crippen molar-refractivity contribution in [3.63, 3.8) is 0 Å². The summed E-state index contributed by atoms with van der Waals surface area (Å²) in [7, 11) is 0. The summed E-state index contributed by atoms with van der Waals surface area (Å²) in [5, 5.41) is 3.74. The Kier molecular flexibility index (Phi) is 3.88. The second-order valence-electron chi connectivity index (χ2n) is 6.65. The zero-order chi connectivity index (χ0) is 14.0. The van der Waals surface area contributed by atoms with Crippen molar-refractivity contribution in [2.45, 2.75) is 52.1 Å². The van der Waals surface area contributed by atoms with Gasteiger partial charge in [0, 0.05) is 12.6 Å². The molecular weight excluding hydrogens is 250 g/mol. The van der Waals surface area contributed by atoms with Crippen LogP contribution in [-0.4, -0.2) is 19.3 Å². The van der Waals surface area contributed by atoms with E-state index in [1.54, 1.807) is 0 Å². The summed E-state index contributed by atoms with van der Waals surface area (Å²) in [6, 6.07) is 6.88. The van der Waals surface area contributed by atoms with Gasteiger partial charge in [0.2, 0.25) is 0 Å². The Morgan fingerprint density at radius 3 is 2.75 bits per heavy atom. The van der Waals surface area contributed by atoms with Gasteiger partial charge in [-0.3, -0.25) is 0 Å². The molecule has 0 aromatic heterocycles. The minimum Gasteiger partial charge on any atom is -0.486 e. The van der Waals surface area contributed by atoms with Crippen molar-refractivity contribution in [1.29, 1.82) is 0 Å². The van der Waals surface area contributed by atoms with Gasteiger partial charge in [-0.25, -0.2) is 0 Å². The van der Waals surface area contributed by atoms with E-state index in [1.807, 2.05) is 6.07 Å². The fourth-order valence-corrected chi connectivity index (χ4v) is 3.31. The second-order valence-corrected chi connectivity index (χ2v) is 6.65. The summed E-state index contributed by atoms with van der Waals surface area (Å²) in [6.45, 7) is 6.98. The highest BCUT2D eigenvalue weighted by molar-refractivity contribution is 5.43. The zero-order valence-electron chi connectivity index (χ0n) is 12.6. The van der Waals surface area contributed by atoms with Crippen LogP contribution in [0.25, 0.3) is 0 Å². The number of hydrogen-bond acceptors (Lipinski definition) is 3. The van der Waals surface area contributed by atoms with E-state index in [2.05, 4.69) is 31.3 Å². The van der Waals surface area contributed by atoms with Crippen molar-refractivity contribution in [1.82, 2.24) is 5.32 Å². The summed E-state index contributed by atoms with van der Waals surface area (Å²) in [4.78, 5) is 0. The Labute approximate surface area is 121 Å². The van der Waals surface area contributed by atoms with Crippen molar-refractivity contribution >= 4 is 0 Å². The fourth-order valence-electron chi connectivity index (χ4n) is 3.31. The molecule has 1 fully saturated rings. The van der Waals surface area contributed by atoms with Crippen LogP contribution in [0.5, 0.6) is 11.5 Å². The molecule has 0 spiro atoms. The highest BCUT2D eigenvalue weighted by atomic mass is 16.6. The molecule has 1 unspecified atom stereocenters. The fraction of sp³-hybridized carbons (Fsp3) is 0.647. The van der Waals surface area contributed by atoms with Gasteiger partial charge in [-0.15, -0.1) is 0 Å². The highest BCUT2D eigenvalue weighted by Crippen LogP contribution is 2.36. The van der Waals surface area contributed by atoms with Crippen LogP contribution < -0.4 is 14.8 Å². The van der Waals surface area contributed by atoms with Crippen LogP contribution in [0.4, 0.5) is 0 Å². The normalized spacial score (nSPS) is 24.4. The first-order valence-electron chi connectivity index (χ1n) is 7.77. The summed E-state index contributed by atoms with van der Waals surface area (Å²) < 4.78 is 11.2. The molecule has 0 radical (unpaired) electrons. The van der Waals surface area contributed by atoms with Gasteiger partial charge in [-0.1, -0.05) is 32.8 Å². The third kappa shape index (κ3) is 2.93. The van der Waals surface area contributed by atoms with Gasteiger partial charge in [0.15, 0.2) is 11.5 Å². The van der Waals surface area contributed by atoms with Gasteiger partial charge in [-0.2, -0.15) is 0 Å². The molecule has 1 aromatic carbocycles. The van der Waals surface area contributed by atoms with Gasteiger partial charge >= 0.3 is 0 Å². The van der Waals surface area contributed by atoms with E-state index in [0.717, 1.165) is 18.0 Å². The lowest BCUT2D eigenvalue weighted by Crippen LogP contribution is -2.43. The van der Waals surface area contributed by atoms with Crippen molar-refractivity contribution in [2.24, 2.45) is 5.41 Å². The lowest BCUT2D eigenvalue weighted by molar-refractivity contribution is 0.165. The molecule has 1 atom stereocenters. The third-order valence-corrected chi connectivity index (χ3v) is 4.67. The molecule has 20 heavy (non-hydrogen) atoms. The molecule has 0 saturated heterocycles. The van der Waals surface area contributed by atoms with E-state index >= 15 is 0 Å². The minimum atomic E-state index is 0.409. The van der Waals surface area contributed by atoms with E-state index in [4.69, 9.17) is 9.47 Å². The average molecular weight is 275 g/mol. The number of ether oxygens (including phenoxy) is 2. The average Bonchev–Trinajstić information content (AvgIpc) is 2.45. The number of hydrogen-bond donors (Lipinski definition) is 1. The molecular formula is C17H25NO2. The number of rotatable bonds is 3. The quantitative estimate of drug-likeness (QED) is 0.915. The molecule has 3 rings (SSSR count).